The summed E-state index contributed by atoms with van der Waals surface area (Å²) in [6.07, 6.45) is 5.74. The topological polar surface area (TPSA) is 47.1 Å². The summed E-state index contributed by atoms with van der Waals surface area (Å²) < 4.78 is 2.15. The number of rotatable bonds is 6. The summed E-state index contributed by atoms with van der Waals surface area (Å²) in [4.78, 5) is 6.48. The number of nitrogens with zero attached hydrogens (tertiary/aromatic N) is 3. The van der Waals surface area contributed by atoms with Crippen molar-refractivity contribution in [2.75, 3.05) is 20.6 Å². The Balaban J connectivity index is 2.40. The molecule has 0 saturated heterocycles. The van der Waals surface area contributed by atoms with E-state index in [0.717, 1.165) is 31.8 Å². The van der Waals surface area contributed by atoms with Gasteiger partial charge in [-0.05, 0) is 34.0 Å². The van der Waals surface area contributed by atoms with Crippen molar-refractivity contribution in [3.05, 3.63) is 18.2 Å². The van der Waals surface area contributed by atoms with E-state index in [1.165, 1.54) is 0 Å². The van der Waals surface area contributed by atoms with E-state index in [4.69, 9.17) is 5.73 Å². The third-order valence-electron chi connectivity index (χ3n) is 2.53. The Morgan fingerprint density at radius 2 is 2.27 bits per heavy atom. The van der Waals surface area contributed by atoms with Crippen LogP contribution >= 0.6 is 0 Å². The van der Waals surface area contributed by atoms with Crippen molar-refractivity contribution < 1.29 is 0 Å². The number of imidazole rings is 1. The molecule has 0 fully saturated rings. The van der Waals surface area contributed by atoms with Gasteiger partial charge in [-0.25, -0.2) is 4.98 Å². The van der Waals surface area contributed by atoms with Gasteiger partial charge in [-0.3, -0.25) is 0 Å². The summed E-state index contributed by atoms with van der Waals surface area (Å²) in [5.41, 5.74) is 6.06. The van der Waals surface area contributed by atoms with Crippen LogP contribution in [0.3, 0.4) is 0 Å². The largest absolute Gasteiger partial charge is 0.335 e. The molecule has 1 aromatic heterocycles. The molecular weight excluding hydrogens is 188 g/mol. The Morgan fingerprint density at radius 1 is 1.53 bits per heavy atom. The highest BCUT2D eigenvalue weighted by Crippen LogP contribution is 2.03. The molecule has 1 unspecified atom stereocenters. The lowest BCUT2D eigenvalue weighted by atomic mass is 10.1. The Morgan fingerprint density at radius 3 is 2.87 bits per heavy atom. The molecule has 2 N–H and O–H groups in total. The molecule has 0 spiro atoms. The van der Waals surface area contributed by atoms with Crippen LogP contribution in [0.25, 0.3) is 0 Å². The van der Waals surface area contributed by atoms with Crippen LogP contribution in [0.4, 0.5) is 0 Å². The highest BCUT2D eigenvalue weighted by molar-refractivity contribution is 4.94. The Bertz CT molecular complexity index is 280. The molecular formula is C11H22N4. The average Bonchev–Trinajstić information content (AvgIpc) is 2.62. The van der Waals surface area contributed by atoms with Crippen LogP contribution in [0.1, 0.15) is 19.2 Å². The van der Waals surface area contributed by atoms with E-state index in [1.54, 1.807) is 0 Å². The van der Waals surface area contributed by atoms with Crippen molar-refractivity contribution in [1.29, 1.82) is 0 Å². The van der Waals surface area contributed by atoms with Crippen LogP contribution in [-0.2, 0) is 13.0 Å². The number of hydrogen-bond acceptors (Lipinski definition) is 3. The molecule has 1 atom stereocenters. The van der Waals surface area contributed by atoms with E-state index in [1.807, 2.05) is 12.4 Å². The van der Waals surface area contributed by atoms with Crippen molar-refractivity contribution in [1.82, 2.24) is 14.5 Å². The smallest absolute Gasteiger partial charge is 0.110 e. The summed E-state index contributed by atoms with van der Waals surface area (Å²) in [6.45, 7) is 4.13. The molecule has 0 aliphatic rings. The summed E-state index contributed by atoms with van der Waals surface area (Å²) in [7, 11) is 4.14. The molecule has 1 aromatic rings. The SMILES string of the molecule is CCn1ccnc1CC(N)CCN(C)C. The van der Waals surface area contributed by atoms with Gasteiger partial charge in [0.25, 0.3) is 0 Å². The molecule has 4 nitrogen and oxygen atoms in total. The minimum atomic E-state index is 0.208. The maximum absolute atomic E-state index is 6.06. The molecule has 0 saturated carbocycles. The zero-order chi connectivity index (χ0) is 11.3. The molecule has 15 heavy (non-hydrogen) atoms. The lowest BCUT2D eigenvalue weighted by Crippen LogP contribution is -2.29. The number of aromatic nitrogens is 2. The van der Waals surface area contributed by atoms with E-state index in [0.29, 0.717) is 0 Å². The average molecular weight is 210 g/mol. The third-order valence-corrected chi connectivity index (χ3v) is 2.53. The fourth-order valence-electron chi connectivity index (χ4n) is 1.58. The van der Waals surface area contributed by atoms with Gasteiger partial charge in [-0.2, -0.15) is 0 Å². The number of aryl methyl sites for hydroxylation is 1. The van der Waals surface area contributed by atoms with Gasteiger partial charge in [0.1, 0.15) is 5.82 Å². The zero-order valence-electron chi connectivity index (χ0n) is 9.98. The normalized spacial score (nSPS) is 13.4. The summed E-state index contributed by atoms with van der Waals surface area (Å²) >= 11 is 0. The van der Waals surface area contributed by atoms with Gasteiger partial charge in [0.2, 0.25) is 0 Å². The third kappa shape index (κ3) is 4.01. The fourth-order valence-corrected chi connectivity index (χ4v) is 1.58. The maximum atomic E-state index is 6.06. The van der Waals surface area contributed by atoms with Crippen molar-refractivity contribution in [2.45, 2.75) is 32.4 Å². The Kier molecular flexibility index (Phi) is 4.78. The van der Waals surface area contributed by atoms with Crippen molar-refractivity contribution >= 4 is 0 Å². The van der Waals surface area contributed by atoms with E-state index in [-0.39, 0.29) is 6.04 Å². The van der Waals surface area contributed by atoms with E-state index < -0.39 is 0 Å². The standard InChI is InChI=1S/C11H22N4/c1-4-15-8-6-13-11(15)9-10(12)5-7-14(2)3/h6,8,10H,4-5,7,9,12H2,1-3H3. The van der Waals surface area contributed by atoms with Crippen molar-refractivity contribution in [3.8, 4) is 0 Å². The van der Waals surface area contributed by atoms with Crippen LogP contribution in [0.5, 0.6) is 0 Å². The molecule has 1 heterocycles. The molecule has 86 valence electrons. The predicted molar refractivity (Wildman–Crippen MR) is 62.8 cm³/mol. The van der Waals surface area contributed by atoms with E-state index in [9.17, 15) is 0 Å². The van der Waals surface area contributed by atoms with Crippen molar-refractivity contribution in [2.24, 2.45) is 5.73 Å². The first-order chi connectivity index (χ1) is 7.13. The summed E-state index contributed by atoms with van der Waals surface area (Å²) in [5.74, 6) is 1.10. The molecule has 0 amide bonds. The highest BCUT2D eigenvalue weighted by atomic mass is 15.1. The van der Waals surface area contributed by atoms with Gasteiger partial charge in [0.05, 0.1) is 0 Å². The molecule has 0 aliphatic heterocycles. The molecule has 0 aliphatic carbocycles. The fraction of sp³-hybridized carbons (Fsp3) is 0.727. The second-order valence-corrected chi connectivity index (χ2v) is 4.19. The van der Waals surface area contributed by atoms with Crippen LogP contribution in [0.15, 0.2) is 12.4 Å². The van der Waals surface area contributed by atoms with Gasteiger partial charge in [0, 0.05) is 31.4 Å². The molecule has 4 heteroatoms. The predicted octanol–water partition coefficient (Wildman–Crippen LogP) is 0.725. The molecule has 0 radical (unpaired) electrons. The first-order valence-corrected chi connectivity index (χ1v) is 5.53. The minimum Gasteiger partial charge on any atom is -0.335 e. The molecule has 0 aromatic carbocycles. The van der Waals surface area contributed by atoms with Crippen molar-refractivity contribution in [3.63, 3.8) is 0 Å². The van der Waals surface area contributed by atoms with Crippen LogP contribution in [0, 0.1) is 0 Å². The van der Waals surface area contributed by atoms with Crippen LogP contribution in [0.2, 0.25) is 0 Å². The molecule has 1 rings (SSSR count). The minimum absolute atomic E-state index is 0.208. The quantitative estimate of drug-likeness (QED) is 0.753. The second kappa shape index (κ2) is 5.88. The number of hydrogen-bond donors (Lipinski definition) is 1. The Hall–Kier alpha value is -0.870. The van der Waals surface area contributed by atoms with Crippen LogP contribution < -0.4 is 5.73 Å². The van der Waals surface area contributed by atoms with Crippen LogP contribution in [-0.4, -0.2) is 41.1 Å². The Labute approximate surface area is 92.1 Å². The van der Waals surface area contributed by atoms with Gasteiger partial charge in [-0.15, -0.1) is 0 Å². The second-order valence-electron chi connectivity index (χ2n) is 4.19. The zero-order valence-corrected chi connectivity index (χ0v) is 9.98. The molecule has 0 bridgehead atoms. The summed E-state index contributed by atoms with van der Waals surface area (Å²) in [5, 5.41) is 0. The summed E-state index contributed by atoms with van der Waals surface area (Å²) in [6, 6.07) is 0.208. The monoisotopic (exact) mass is 210 g/mol. The first-order valence-electron chi connectivity index (χ1n) is 5.53. The van der Waals surface area contributed by atoms with Gasteiger partial charge in [-0.1, -0.05) is 0 Å². The maximum Gasteiger partial charge on any atom is 0.110 e. The first kappa shape index (κ1) is 12.2. The lowest BCUT2D eigenvalue weighted by Gasteiger charge is -2.15. The van der Waals surface area contributed by atoms with Gasteiger partial charge >= 0.3 is 0 Å². The van der Waals surface area contributed by atoms with Gasteiger partial charge < -0.3 is 15.2 Å². The highest BCUT2D eigenvalue weighted by Gasteiger charge is 2.08. The number of nitrogens with two attached hydrogens (primary N) is 1. The lowest BCUT2D eigenvalue weighted by molar-refractivity contribution is 0.377. The van der Waals surface area contributed by atoms with E-state index in [2.05, 4.69) is 35.5 Å². The van der Waals surface area contributed by atoms with E-state index >= 15 is 0 Å². The van der Waals surface area contributed by atoms with Gasteiger partial charge in [0.15, 0.2) is 0 Å².